The van der Waals surface area contributed by atoms with Crippen LogP contribution in [0.5, 0.6) is 0 Å². The lowest BCUT2D eigenvalue weighted by Gasteiger charge is -2.10. The lowest BCUT2D eigenvalue weighted by molar-refractivity contribution is 0.496. The summed E-state index contributed by atoms with van der Waals surface area (Å²) in [6, 6.07) is 4.45. The fourth-order valence-corrected chi connectivity index (χ4v) is 1.40. The number of halogens is 4. The molecule has 0 fully saturated rings. The van der Waals surface area contributed by atoms with E-state index >= 15 is 0 Å². The number of hydrogen-bond acceptors (Lipinski definition) is 2. The maximum Gasteiger partial charge on any atom is 0.161 e. The van der Waals surface area contributed by atoms with Gasteiger partial charge in [-0.25, -0.2) is 17.6 Å². The highest BCUT2D eigenvalue weighted by Gasteiger charge is 2.11. The van der Waals surface area contributed by atoms with Gasteiger partial charge in [0.25, 0.3) is 0 Å². The number of benzene rings is 2. The van der Waals surface area contributed by atoms with Crippen LogP contribution in [0.2, 0.25) is 0 Å². The maximum absolute atomic E-state index is 13.3. The molecule has 0 amide bonds. The van der Waals surface area contributed by atoms with E-state index in [4.69, 9.17) is 5.73 Å². The summed E-state index contributed by atoms with van der Waals surface area (Å²) in [6.07, 6.45) is 0. The van der Waals surface area contributed by atoms with E-state index in [0.29, 0.717) is 12.1 Å². The Labute approximate surface area is 100 Å². The monoisotopic (exact) mass is 256 g/mol. The topological polar surface area (TPSA) is 38.0 Å². The molecule has 2 aromatic rings. The molecule has 2 nitrogen and oxygen atoms in total. The summed E-state index contributed by atoms with van der Waals surface area (Å²) in [6.45, 7) is 0. The molecule has 0 atom stereocenters. The molecular formula is C12H8F4N2. The number of nitrogen functional groups attached to an aromatic ring is 1. The SMILES string of the molecule is Nc1ccc(F)cc1Nc1cc(F)c(F)cc1F. The summed E-state index contributed by atoms with van der Waals surface area (Å²) in [7, 11) is 0. The summed E-state index contributed by atoms with van der Waals surface area (Å²) in [5, 5.41) is 2.40. The van der Waals surface area contributed by atoms with E-state index in [0.717, 1.165) is 12.1 Å². The fraction of sp³-hybridized carbons (Fsp3) is 0. The Bertz CT molecular complexity index is 599. The van der Waals surface area contributed by atoms with Crippen molar-refractivity contribution in [3.05, 3.63) is 53.6 Å². The summed E-state index contributed by atoms with van der Waals surface area (Å²) < 4.78 is 52.0. The van der Waals surface area contributed by atoms with Crippen molar-refractivity contribution in [2.45, 2.75) is 0 Å². The molecule has 0 aromatic heterocycles. The van der Waals surface area contributed by atoms with Crippen LogP contribution in [0.3, 0.4) is 0 Å². The van der Waals surface area contributed by atoms with Crippen LogP contribution in [0, 0.1) is 23.3 Å². The van der Waals surface area contributed by atoms with Crippen molar-refractivity contribution in [2.75, 3.05) is 11.1 Å². The van der Waals surface area contributed by atoms with Crippen molar-refractivity contribution >= 4 is 17.1 Å². The lowest BCUT2D eigenvalue weighted by atomic mass is 10.2. The third kappa shape index (κ3) is 2.37. The van der Waals surface area contributed by atoms with Crippen LogP contribution in [0.25, 0.3) is 0 Å². The Kier molecular flexibility index (Phi) is 3.10. The molecule has 18 heavy (non-hydrogen) atoms. The number of hydrogen-bond donors (Lipinski definition) is 2. The Morgan fingerprint density at radius 3 is 2.17 bits per heavy atom. The van der Waals surface area contributed by atoms with Gasteiger partial charge in [-0.15, -0.1) is 0 Å². The first-order valence-corrected chi connectivity index (χ1v) is 4.94. The summed E-state index contributed by atoms with van der Waals surface area (Å²) in [4.78, 5) is 0. The van der Waals surface area contributed by atoms with E-state index in [1.807, 2.05) is 0 Å². The van der Waals surface area contributed by atoms with Crippen molar-refractivity contribution in [3.8, 4) is 0 Å². The normalized spacial score (nSPS) is 10.4. The van der Waals surface area contributed by atoms with E-state index < -0.39 is 23.3 Å². The first-order chi connectivity index (χ1) is 8.47. The Morgan fingerprint density at radius 2 is 1.44 bits per heavy atom. The predicted octanol–water partition coefficient (Wildman–Crippen LogP) is 3.57. The van der Waals surface area contributed by atoms with E-state index in [9.17, 15) is 17.6 Å². The summed E-state index contributed by atoms with van der Waals surface area (Å²) in [5.74, 6) is -4.11. The van der Waals surface area contributed by atoms with Crippen molar-refractivity contribution in [2.24, 2.45) is 0 Å². The number of rotatable bonds is 2. The minimum Gasteiger partial charge on any atom is -0.397 e. The standard InChI is InChI=1S/C12H8F4N2/c13-6-1-2-10(17)12(3-6)18-11-5-8(15)7(14)4-9(11)16/h1-5,18H,17H2. The molecule has 0 saturated carbocycles. The summed E-state index contributed by atoms with van der Waals surface area (Å²) >= 11 is 0. The average molecular weight is 256 g/mol. The molecule has 0 spiro atoms. The second kappa shape index (κ2) is 4.56. The Balaban J connectivity index is 2.40. The summed E-state index contributed by atoms with van der Waals surface area (Å²) in [5.41, 5.74) is 5.43. The minimum atomic E-state index is -1.30. The second-order valence-electron chi connectivity index (χ2n) is 3.60. The highest BCUT2D eigenvalue weighted by molar-refractivity contribution is 5.72. The van der Waals surface area contributed by atoms with Crippen LogP contribution in [0.15, 0.2) is 30.3 Å². The van der Waals surface area contributed by atoms with Gasteiger partial charge >= 0.3 is 0 Å². The van der Waals surface area contributed by atoms with Crippen LogP contribution in [0.4, 0.5) is 34.6 Å². The van der Waals surface area contributed by atoms with Crippen LogP contribution in [-0.4, -0.2) is 0 Å². The third-order valence-electron chi connectivity index (χ3n) is 2.29. The van der Waals surface area contributed by atoms with Gasteiger partial charge in [0.05, 0.1) is 17.1 Å². The van der Waals surface area contributed by atoms with E-state index in [1.54, 1.807) is 0 Å². The number of nitrogens with one attached hydrogen (secondary N) is 1. The van der Waals surface area contributed by atoms with Crippen LogP contribution in [0.1, 0.15) is 0 Å². The van der Waals surface area contributed by atoms with E-state index in [-0.39, 0.29) is 17.1 Å². The smallest absolute Gasteiger partial charge is 0.161 e. The van der Waals surface area contributed by atoms with Gasteiger partial charge < -0.3 is 11.1 Å². The number of anilines is 3. The Morgan fingerprint density at radius 1 is 0.778 bits per heavy atom. The maximum atomic E-state index is 13.3. The zero-order valence-corrected chi connectivity index (χ0v) is 8.98. The minimum absolute atomic E-state index is 0.0694. The molecule has 0 aliphatic heterocycles. The molecule has 0 radical (unpaired) electrons. The van der Waals surface area contributed by atoms with Gasteiger partial charge in [0.2, 0.25) is 0 Å². The lowest BCUT2D eigenvalue weighted by Crippen LogP contribution is -2.00. The van der Waals surface area contributed by atoms with Crippen molar-refractivity contribution in [3.63, 3.8) is 0 Å². The van der Waals surface area contributed by atoms with Gasteiger partial charge in [0.1, 0.15) is 11.6 Å². The quantitative estimate of drug-likeness (QED) is 0.489. The highest BCUT2D eigenvalue weighted by Crippen LogP contribution is 2.27. The molecule has 94 valence electrons. The number of nitrogens with two attached hydrogens (primary N) is 1. The predicted molar refractivity (Wildman–Crippen MR) is 60.4 cm³/mol. The van der Waals surface area contributed by atoms with Crippen LogP contribution < -0.4 is 11.1 Å². The van der Waals surface area contributed by atoms with E-state index in [1.165, 1.54) is 6.07 Å². The van der Waals surface area contributed by atoms with Crippen molar-refractivity contribution in [1.82, 2.24) is 0 Å². The molecular weight excluding hydrogens is 248 g/mol. The van der Waals surface area contributed by atoms with Gasteiger partial charge in [0, 0.05) is 12.1 Å². The molecule has 0 unspecified atom stereocenters. The Hall–Kier alpha value is -2.24. The first kappa shape index (κ1) is 12.2. The molecule has 3 N–H and O–H groups in total. The van der Waals surface area contributed by atoms with E-state index in [2.05, 4.69) is 5.32 Å². The highest BCUT2D eigenvalue weighted by atomic mass is 19.2. The molecule has 6 heteroatoms. The molecule has 0 heterocycles. The molecule has 2 aromatic carbocycles. The average Bonchev–Trinajstić information content (AvgIpc) is 2.30. The zero-order chi connectivity index (χ0) is 13.3. The van der Waals surface area contributed by atoms with Crippen LogP contribution in [-0.2, 0) is 0 Å². The first-order valence-electron chi connectivity index (χ1n) is 4.94. The molecule has 2 rings (SSSR count). The molecule has 0 saturated heterocycles. The van der Waals surface area contributed by atoms with Gasteiger partial charge in [-0.1, -0.05) is 0 Å². The van der Waals surface area contributed by atoms with Gasteiger partial charge in [-0.3, -0.25) is 0 Å². The third-order valence-corrected chi connectivity index (χ3v) is 2.29. The molecule has 0 bridgehead atoms. The largest absolute Gasteiger partial charge is 0.397 e. The molecule has 0 aliphatic rings. The van der Waals surface area contributed by atoms with Gasteiger partial charge in [0.15, 0.2) is 11.6 Å². The zero-order valence-electron chi connectivity index (χ0n) is 8.98. The fourth-order valence-electron chi connectivity index (χ4n) is 1.40. The molecule has 0 aliphatic carbocycles. The van der Waals surface area contributed by atoms with Crippen LogP contribution >= 0.6 is 0 Å². The second-order valence-corrected chi connectivity index (χ2v) is 3.60. The van der Waals surface area contributed by atoms with Gasteiger partial charge in [-0.05, 0) is 18.2 Å². The van der Waals surface area contributed by atoms with Crippen molar-refractivity contribution in [1.29, 1.82) is 0 Å². The van der Waals surface area contributed by atoms with Gasteiger partial charge in [-0.2, -0.15) is 0 Å². The van der Waals surface area contributed by atoms with Crippen molar-refractivity contribution < 1.29 is 17.6 Å².